The smallest absolute Gasteiger partial charge is 0.130 e. The van der Waals surface area contributed by atoms with Gasteiger partial charge in [-0.2, -0.15) is 0 Å². The highest BCUT2D eigenvalue weighted by atomic mass is 79.9. The first kappa shape index (κ1) is 11.4. The minimum Gasteiger partial charge on any atom is -0.390 e. The number of nitrogens with zero attached hydrogens (tertiary/aromatic N) is 2. The molecular formula is C9H14BrN3O. The Hall–Kier alpha value is -0.680. The fourth-order valence-corrected chi connectivity index (χ4v) is 1.24. The lowest BCUT2D eigenvalue weighted by Crippen LogP contribution is -2.22. The van der Waals surface area contributed by atoms with Crippen molar-refractivity contribution in [1.29, 1.82) is 0 Å². The predicted molar refractivity (Wildman–Crippen MR) is 59.1 cm³/mol. The molecule has 78 valence electrons. The standard InChI is InChI=1S/C9H14BrN3O/c1-9(2,14)3-4-11-8-5-7(10)12-6-13-8/h5-6,14H,3-4H2,1-2H3,(H,11,12,13). The third-order valence-electron chi connectivity index (χ3n) is 1.68. The van der Waals surface area contributed by atoms with Gasteiger partial charge in [-0.05, 0) is 36.2 Å². The van der Waals surface area contributed by atoms with Crippen molar-refractivity contribution in [2.24, 2.45) is 0 Å². The highest BCUT2D eigenvalue weighted by molar-refractivity contribution is 9.10. The molecule has 0 aliphatic carbocycles. The second-order valence-corrected chi connectivity index (χ2v) is 4.53. The molecule has 0 aliphatic rings. The highest BCUT2D eigenvalue weighted by Gasteiger charge is 2.11. The van der Waals surface area contributed by atoms with Gasteiger partial charge in [0, 0.05) is 12.6 Å². The molecule has 0 saturated carbocycles. The Morgan fingerprint density at radius 2 is 2.21 bits per heavy atom. The lowest BCUT2D eigenvalue weighted by Gasteiger charge is -2.17. The quantitative estimate of drug-likeness (QED) is 0.810. The molecule has 5 heteroatoms. The van der Waals surface area contributed by atoms with E-state index < -0.39 is 5.60 Å². The van der Waals surface area contributed by atoms with E-state index in [-0.39, 0.29) is 0 Å². The summed E-state index contributed by atoms with van der Waals surface area (Å²) >= 11 is 3.25. The predicted octanol–water partition coefficient (Wildman–Crippen LogP) is 1.81. The topological polar surface area (TPSA) is 58.0 Å². The molecule has 0 fully saturated rings. The molecule has 1 rings (SSSR count). The van der Waals surface area contributed by atoms with Crippen LogP contribution in [0.1, 0.15) is 20.3 Å². The molecular weight excluding hydrogens is 246 g/mol. The summed E-state index contributed by atoms with van der Waals surface area (Å²) in [5.41, 5.74) is -0.642. The number of halogens is 1. The molecule has 0 aromatic carbocycles. The van der Waals surface area contributed by atoms with Crippen molar-refractivity contribution >= 4 is 21.7 Å². The Bertz CT molecular complexity index is 298. The van der Waals surface area contributed by atoms with Gasteiger partial charge in [0.15, 0.2) is 0 Å². The van der Waals surface area contributed by atoms with Gasteiger partial charge in [-0.1, -0.05) is 0 Å². The van der Waals surface area contributed by atoms with Crippen LogP contribution in [0.15, 0.2) is 17.0 Å². The Morgan fingerprint density at radius 3 is 2.79 bits per heavy atom. The molecule has 1 aromatic heterocycles. The first-order valence-corrected chi connectivity index (χ1v) is 5.20. The summed E-state index contributed by atoms with van der Waals surface area (Å²) in [5.74, 6) is 0.760. The Labute approximate surface area is 91.9 Å². The van der Waals surface area contributed by atoms with E-state index in [2.05, 4.69) is 31.2 Å². The van der Waals surface area contributed by atoms with Gasteiger partial charge in [-0.25, -0.2) is 9.97 Å². The lowest BCUT2D eigenvalue weighted by molar-refractivity contribution is 0.0748. The average Bonchev–Trinajstić information content (AvgIpc) is 2.01. The summed E-state index contributed by atoms with van der Waals surface area (Å²) in [7, 11) is 0. The molecule has 14 heavy (non-hydrogen) atoms. The van der Waals surface area contributed by atoms with Gasteiger partial charge in [0.05, 0.1) is 5.60 Å². The molecule has 0 spiro atoms. The van der Waals surface area contributed by atoms with Crippen molar-refractivity contribution in [3.8, 4) is 0 Å². The number of aromatic nitrogens is 2. The summed E-state index contributed by atoms with van der Waals surface area (Å²) in [4.78, 5) is 7.94. The van der Waals surface area contributed by atoms with Gasteiger partial charge in [0.2, 0.25) is 0 Å². The minimum atomic E-state index is -0.642. The maximum atomic E-state index is 9.47. The summed E-state index contributed by atoms with van der Waals surface area (Å²) in [6, 6.07) is 1.80. The van der Waals surface area contributed by atoms with E-state index in [9.17, 15) is 5.11 Å². The van der Waals surface area contributed by atoms with Crippen LogP contribution in [0.3, 0.4) is 0 Å². The third-order valence-corrected chi connectivity index (χ3v) is 2.11. The fourth-order valence-electron chi connectivity index (χ4n) is 0.927. The van der Waals surface area contributed by atoms with E-state index in [0.29, 0.717) is 13.0 Å². The Balaban J connectivity index is 2.39. The van der Waals surface area contributed by atoms with Gasteiger partial charge in [0.1, 0.15) is 16.7 Å². The Kier molecular flexibility index (Phi) is 3.83. The molecule has 0 aliphatic heterocycles. The van der Waals surface area contributed by atoms with Crippen molar-refractivity contribution in [2.45, 2.75) is 25.9 Å². The van der Waals surface area contributed by atoms with Crippen molar-refractivity contribution in [2.75, 3.05) is 11.9 Å². The van der Waals surface area contributed by atoms with Crippen LogP contribution in [0, 0.1) is 0 Å². The largest absolute Gasteiger partial charge is 0.390 e. The number of hydrogen-bond donors (Lipinski definition) is 2. The van der Waals surface area contributed by atoms with Crippen LogP contribution in [0.25, 0.3) is 0 Å². The van der Waals surface area contributed by atoms with Gasteiger partial charge in [-0.3, -0.25) is 0 Å². The van der Waals surface area contributed by atoms with Crippen LogP contribution in [0.4, 0.5) is 5.82 Å². The molecule has 0 bridgehead atoms. The summed E-state index contributed by atoms with van der Waals surface area (Å²) in [6.07, 6.45) is 2.16. The molecule has 0 radical (unpaired) electrons. The summed E-state index contributed by atoms with van der Waals surface area (Å²) < 4.78 is 0.748. The molecule has 1 aromatic rings. The van der Waals surface area contributed by atoms with Crippen LogP contribution in [0.5, 0.6) is 0 Å². The molecule has 0 unspecified atom stereocenters. The van der Waals surface area contributed by atoms with E-state index >= 15 is 0 Å². The van der Waals surface area contributed by atoms with Crippen molar-refractivity contribution in [3.63, 3.8) is 0 Å². The van der Waals surface area contributed by atoms with Gasteiger partial charge >= 0.3 is 0 Å². The van der Waals surface area contributed by atoms with Gasteiger partial charge < -0.3 is 10.4 Å². The summed E-state index contributed by atoms with van der Waals surface area (Å²) in [6.45, 7) is 4.25. The third kappa shape index (κ3) is 4.53. The maximum Gasteiger partial charge on any atom is 0.130 e. The molecule has 0 saturated heterocycles. The fraction of sp³-hybridized carbons (Fsp3) is 0.556. The van der Waals surface area contributed by atoms with Crippen LogP contribution in [-0.4, -0.2) is 27.2 Å². The van der Waals surface area contributed by atoms with Crippen molar-refractivity contribution in [1.82, 2.24) is 9.97 Å². The van der Waals surface area contributed by atoms with Crippen molar-refractivity contribution < 1.29 is 5.11 Å². The van der Waals surface area contributed by atoms with E-state index in [1.807, 2.05) is 0 Å². The zero-order valence-electron chi connectivity index (χ0n) is 8.29. The lowest BCUT2D eigenvalue weighted by atomic mass is 10.1. The molecule has 0 amide bonds. The van der Waals surface area contributed by atoms with Crippen molar-refractivity contribution in [3.05, 3.63) is 17.0 Å². The average molecular weight is 260 g/mol. The second kappa shape index (κ2) is 4.70. The Morgan fingerprint density at radius 1 is 1.50 bits per heavy atom. The van der Waals surface area contributed by atoms with Crippen LogP contribution < -0.4 is 5.32 Å². The van der Waals surface area contributed by atoms with Crippen LogP contribution in [0.2, 0.25) is 0 Å². The number of rotatable bonds is 4. The second-order valence-electron chi connectivity index (χ2n) is 3.72. The minimum absolute atomic E-state index is 0.642. The maximum absolute atomic E-state index is 9.47. The normalized spacial score (nSPS) is 11.4. The monoisotopic (exact) mass is 259 g/mol. The van der Waals surface area contributed by atoms with E-state index in [0.717, 1.165) is 10.4 Å². The molecule has 2 N–H and O–H groups in total. The zero-order valence-corrected chi connectivity index (χ0v) is 9.87. The first-order chi connectivity index (χ1) is 6.47. The number of aliphatic hydroxyl groups is 1. The number of hydrogen-bond acceptors (Lipinski definition) is 4. The molecule has 0 atom stereocenters. The molecule has 4 nitrogen and oxygen atoms in total. The first-order valence-electron chi connectivity index (χ1n) is 4.41. The highest BCUT2D eigenvalue weighted by Crippen LogP contribution is 2.11. The van der Waals surface area contributed by atoms with E-state index in [4.69, 9.17) is 0 Å². The van der Waals surface area contributed by atoms with E-state index in [1.165, 1.54) is 6.33 Å². The van der Waals surface area contributed by atoms with Gasteiger partial charge in [0.25, 0.3) is 0 Å². The van der Waals surface area contributed by atoms with Gasteiger partial charge in [-0.15, -0.1) is 0 Å². The van der Waals surface area contributed by atoms with Crippen LogP contribution >= 0.6 is 15.9 Å². The SMILES string of the molecule is CC(C)(O)CCNc1cc(Br)ncn1. The number of nitrogens with one attached hydrogen (secondary N) is 1. The molecule has 1 heterocycles. The summed E-state index contributed by atoms with van der Waals surface area (Å²) in [5, 5.41) is 12.6. The van der Waals surface area contributed by atoms with Crippen LogP contribution in [-0.2, 0) is 0 Å². The number of anilines is 1. The van der Waals surface area contributed by atoms with E-state index in [1.54, 1.807) is 19.9 Å². The zero-order chi connectivity index (χ0) is 10.6.